The topological polar surface area (TPSA) is 77.8 Å². The van der Waals surface area contributed by atoms with Gasteiger partial charge < -0.3 is 5.32 Å². The molecule has 28 heavy (non-hydrogen) atoms. The fourth-order valence-electron chi connectivity index (χ4n) is 3.91. The molecule has 4 aromatic rings. The molecule has 0 spiro atoms. The Morgan fingerprint density at radius 1 is 0.929 bits per heavy atom. The Kier molecular flexibility index (Phi) is 3.64. The van der Waals surface area contributed by atoms with Gasteiger partial charge in [-0.1, -0.05) is 48.0 Å². The third-order valence-corrected chi connectivity index (χ3v) is 5.30. The van der Waals surface area contributed by atoms with Gasteiger partial charge in [-0.05, 0) is 34.5 Å². The first-order valence-corrected chi connectivity index (χ1v) is 9.01. The van der Waals surface area contributed by atoms with Crippen LogP contribution in [0.25, 0.3) is 10.8 Å². The van der Waals surface area contributed by atoms with Gasteiger partial charge in [-0.15, -0.1) is 0 Å². The summed E-state index contributed by atoms with van der Waals surface area (Å²) < 4.78 is 14.9. The molecular weight excluding hydrogens is 381 g/mol. The molecule has 0 aliphatic carbocycles. The van der Waals surface area contributed by atoms with Crippen molar-refractivity contribution in [1.82, 2.24) is 9.97 Å². The van der Waals surface area contributed by atoms with Crippen molar-refractivity contribution in [1.29, 1.82) is 0 Å². The lowest BCUT2D eigenvalue weighted by atomic mass is 9.80. The molecule has 3 aromatic carbocycles. The highest BCUT2D eigenvalue weighted by atomic mass is 35.5. The summed E-state index contributed by atoms with van der Waals surface area (Å²) in [4.78, 5) is 29.4. The number of H-pyrrole nitrogens is 2. The quantitative estimate of drug-likeness (QED) is 0.398. The van der Waals surface area contributed by atoms with E-state index in [1.807, 2.05) is 36.4 Å². The van der Waals surface area contributed by atoms with E-state index in [-0.39, 0.29) is 16.4 Å². The van der Waals surface area contributed by atoms with Crippen LogP contribution in [0.15, 0.2) is 64.2 Å². The van der Waals surface area contributed by atoms with Crippen LogP contribution in [-0.4, -0.2) is 9.97 Å². The van der Waals surface area contributed by atoms with Gasteiger partial charge in [0.2, 0.25) is 0 Å². The molecular formula is C21H13ClFN3O2. The Bertz CT molecular complexity index is 1380. The summed E-state index contributed by atoms with van der Waals surface area (Å²) in [5.74, 6) is -0.971. The molecule has 0 saturated carbocycles. The molecule has 2 heterocycles. The van der Waals surface area contributed by atoms with E-state index in [9.17, 15) is 14.0 Å². The fourth-order valence-corrected chi connectivity index (χ4v) is 4.07. The summed E-state index contributed by atoms with van der Waals surface area (Å²) in [7, 11) is 0. The van der Waals surface area contributed by atoms with E-state index < -0.39 is 23.0 Å². The normalized spacial score (nSPS) is 15.0. The van der Waals surface area contributed by atoms with Crippen LogP contribution in [0.2, 0.25) is 5.02 Å². The number of nitrogens with one attached hydrogen (secondary N) is 3. The van der Waals surface area contributed by atoms with Crippen molar-refractivity contribution >= 4 is 33.9 Å². The maximum Gasteiger partial charge on any atom is 0.327 e. The van der Waals surface area contributed by atoms with Crippen molar-refractivity contribution in [2.75, 3.05) is 5.32 Å². The van der Waals surface area contributed by atoms with Gasteiger partial charge in [-0.3, -0.25) is 14.8 Å². The second-order valence-electron chi connectivity index (χ2n) is 6.67. The molecule has 1 atom stereocenters. The molecule has 3 N–H and O–H groups in total. The third kappa shape index (κ3) is 2.46. The monoisotopic (exact) mass is 393 g/mol. The minimum atomic E-state index is -0.713. The van der Waals surface area contributed by atoms with Gasteiger partial charge in [0.15, 0.2) is 0 Å². The number of aromatic amines is 2. The molecule has 138 valence electrons. The zero-order valence-corrected chi connectivity index (χ0v) is 15.1. The Morgan fingerprint density at radius 2 is 1.75 bits per heavy atom. The van der Waals surface area contributed by atoms with E-state index in [1.165, 1.54) is 6.07 Å². The number of hydrogen-bond acceptors (Lipinski definition) is 3. The zero-order valence-electron chi connectivity index (χ0n) is 14.3. The predicted octanol–water partition coefficient (Wildman–Crippen LogP) is 4.25. The lowest BCUT2D eigenvalue weighted by Gasteiger charge is -2.30. The summed E-state index contributed by atoms with van der Waals surface area (Å²) in [5.41, 5.74) is 0.836. The van der Waals surface area contributed by atoms with Crippen LogP contribution < -0.4 is 16.6 Å². The number of benzene rings is 3. The smallest absolute Gasteiger partial charge is 0.327 e. The van der Waals surface area contributed by atoms with E-state index in [0.717, 1.165) is 16.3 Å². The van der Waals surface area contributed by atoms with E-state index >= 15 is 0 Å². The highest BCUT2D eigenvalue weighted by molar-refractivity contribution is 6.30. The summed E-state index contributed by atoms with van der Waals surface area (Å²) in [6.07, 6.45) is 0. The van der Waals surface area contributed by atoms with Crippen molar-refractivity contribution < 1.29 is 4.39 Å². The summed E-state index contributed by atoms with van der Waals surface area (Å²) in [6.45, 7) is 0. The SMILES string of the molecule is O=c1[nH]c2c(c(=O)[nH]1)[C@@H](c1ccc(Cl)cc1F)c1c(ccc3ccccc13)N2. The second kappa shape index (κ2) is 6.07. The van der Waals surface area contributed by atoms with Crippen molar-refractivity contribution in [2.45, 2.75) is 5.92 Å². The molecule has 5 rings (SSSR count). The number of halogens is 2. The maximum atomic E-state index is 14.9. The lowest BCUT2D eigenvalue weighted by Crippen LogP contribution is -2.32. The minimum absolute atomic E-state index is 0.254. The molecule has 1 aliphatic rings. The zero-order chi connectivity index (χ0) is 19.4. The standard InChI is InChI=1S/C21H13ClFN3O2/c22-11-6-7-13(14(23)9-11)17-16-12-4-2-1-3-10(12)5-8-15(16)24-19-18(17)20(27)26-21(28)25-19/h1-9,17H,(H3,24,25,26,27,28)/t17-/m0/s1. The molecule has 0 bridgehead atoms. The van der Waals surface area contributed by atoms with E-state index in [2.05, 4.69) is 15.3 Å². The number of anilines is 2. The minimum Gasteiger partial charge on any atom is -0.341 e. The second-order valence-corrected chi connectivity index (χ2v) is 7.11. The van der Waals surface area contributed by atoms with Gasteiger partial charge in [-0.2, -0.15) is 0 Å². The molecule has 1 aliphatic heterocycles. The van der Waals surface area contributed by atoms with Gasteiger partial charge in [0.05, 0.1) is 5.56 Å². The first-order chi connectivity index (χ1) is 13.5. The fraction of sp³-hybridized carbons (Fsp3) is 0.0476. The predicted molar refractivity (Wildman–Crippen MR) is 107 cm³/mol. The average molecular weight is 394 g/mol. The van der Waals surface area contributed by atoms with Gasteiger partial charge in [0.1, 0.15) is 11.6 Å². The van der Waals surface area contributed by atoms with Crippen molar-refractivity contribution in [3.63, 3.8) is 0 Å². The molecule has 0 amide bonds. The van der Waals surface area contributed by atoms with Gasteiger partial charge in [-0.25, -0.2) is 9.18 Å². The van der Waals surface area contributed by atoms with Gasteiger partial charge in [0.25, 0.3) is 5.56 Å². The lowest BCUT2D eigenvalue weighted by molar-refractivity contribution is 0.606. The Morgan fingerprint density at radius 3 is 2.57 bits per heavy atom. The molecule has 0 unspecified atom stereocenters. The third-order valence-electron chi connectivity index (χ3n) is 5.06. The summed E-state index contributed by atoms with van der Waals surface area (Å²) in [6, 6.07) is 15.9. The van der Waals surface area contributed by atoms with E-state index in [0.29, 0.717) is 11.3 Å². The summed E-state index contributed by atoms with van der Waals surface area (Å²) >= 11 is 5.94. The number of hydrogen-bond donors (Lipinski definition) is 3. The van der Waals surface area contributed by atoms with Crippen LogP contribution in [0.4, 0.5) is 15.9 Å². The maximum absolute atomic E-state index is 14.9. The first-order valence-electron chi connectivity index (χ1n) is 8.63. The first kappa shape index (κ1) is 16.8. The molecule has 0 fully saturated rings. The number of rotatable bonds is 1. The van der Waals surface area contributed by atoms with E-state index in [1.54, 1.807) is 12.1 Å². The van der Waals surface area contributed by atoms with Crippen LogP contribution in [0.1, 0.15) is 22.6 Å². The molecule has 7 heteroatoms. The Balaban J connectivity index is 1.93. The summed E-state index contributed by atoms with van der Waals surface area (Å²) in [5, 5.41) is 5.24. The number of aromatic nitrogens is 2. The van der Waals surface area contributed by atoms with E-state index in [4.69, 9.17) is 11.6 Å². The van der Waals surface area contributed by atoms with Crippen LogP contribution in [0.3, 0.4) is 0 Å². The number of fused-ring (bicyclic) bond motifs is 4. The van der Waals surface area contributed by atoms with Gasteiger partial charge >= 0.3 is 5.69 Å². The highest BCUT2D eigenvalue weighted by Crippen LogP contribution is 2.46. The molecule has 0 saturated heterocycles. The van der Waals surface area contributed by atoms with Crippen LogP contribution in [0, 0.1) is 5.82 Å². The average Bonchev–Trinajstić information content (AvgIpc) is 2.66. The molecule has 0 radical (unpaired) electrons. The van der Waals surface area contributed by atoms with Crippen LogP contribution in [-0.2, 0) is 0 Å². The Labute approximate surface area is 162 Å². The molecule has 1 aromatic heterocycles. The van der Waals surface area contributed by atoms with Crippen LogP contribution in [0.5, 0.6) is 0 Å². The Hall–Kier alpha value is -3.38. The highest BCUT2D eigenvalue weighted by Gasteiger charge is 2.33. The van der Waals surface area contributed by atoms with Crippen molar-refractivity contribution in [3.05, 3.63) is 103 Å². The largest absolute Gasteiger partial charge is 0.341 e. The van der Waals surface area contributed by atoms with Crippen molar-refractivity contribution in [2.24, 2.45) is 0 Å². The van der Waals surface area contributed by atoms with Crippen molar-refractivity contribution in [3.8, 4) is 0 Å². The van der Waals surface area contributed by atoms with Gasteiger partial charge in [0, 0.05) is 22.2 Å². The van der Waals surface area contributed by atoms with Crippen LogP contribution >= 0.6 is 11.6 Å². The molecule has 5 nitrogen and oxygen atoms in total.